The van der Waals surface area contributed by atoms with Crippen molar-refractivity contribution in [2.45, 2.75) is 61.4 Å². The lowest BCUT2D eigenvalue weighted by Gasteiger charge is -2.47. The van der Waals surface area contributed by atoms with Crippen LogP contribution < -0.4 is 0 Å². The van der Waals surface area contributed by atoms with Crippen molar-refractivity contribution in [2.75, 3.05) is 66.1 Å². The lowest BCUT2D eigenvalue weighted by Crippen LogP contribution is -2.64. The van der Waals surface area contributed by atoms with Gasteiger partial charge in [-0.1, -0.05) is 48.6 Å². The molecule has 2 rings (SSSR count). The van der Waals surface area contributed by atoms with Gasteiger partial charge in [0.05, 0.1) is 66.1 Å². The summed E-state index contributed by atoms with van der Waals surface area (Å²) in [6.45, 7) is 32.3. The molecule has 0 unspecified atom stereocenters. The standard InChI is InChI=1S/C36H54O11/c1-9-17-37-25-27-29(38-18-10-2)31(40-20-12-4)34(43-23-15-7)36(46-27)45-26-28-30(39-19-11-3)32(41-21-13-5)33(42-22-14-6)35(47-28)44-24-16-8/h9-16,27-36H,1-8,17-26H2/t27-,28-,29+,30-,31+,32+,33-,34-,35-,36+/m1/s1. The summed E-state index contributed by atoms with van der Waals surface area (Å²) < 4.78 is 68.3. The van der Waals surface area contributed by atoms with E-state index in [4.69, 9.17) is 52.1 Å². The van der Waals surface area contributed by atoms with Gasteiger partial charge in [0.25, 0.3) is 0 Å². The Bertz CT molecular complexity index is 955. The maximum Gasteiger partial charge on any atom is 0.187 e. The molecule has 2 aliphatic heterocycles. The monoisotopic (exact) mass is 662 g/mol. The lowest BCUT2D eigenvalue weighted by atomic mass is 9.97. The first-order chi connectivity index (χ1) is 23.0. The molecule has 0 radical (unpaired) electrons. The van der Waals surface area contributed by atoms with Gasteiger partial charge in [0.1, 0.15) is 48.8 Å². The van der Waals surface area contributed by atoms with E-state index < -0.39 is 61.4 Å². The zero-order valence-electron chi connectivity index (χ0n) is 27.6. The molecule has 2 saturated heterocycles. The van der Waals surface area contributed by atoms with Crippen LogP contribution in [-0.4, -0.2) is 127 Å². The third kappa shape index (κ3) is 13.1. The Morgan fingerprint density at radius 1 is 0.340 bits per heavy atom. The molecule has 2 fully saturated rings. The van der Waals surface area contributed by atoms with Crippen molar-refractivity contribution < 1.29 is 52.1 Å². The summed E-state index contributed by atoms with van der Waals surface area (Å²) in [7, 11) is 0. The molecular formula is C36H54O11. The van der Waals surface area contributed by atoms with E-state index in [0.29, 0.717) is 6.61 Å². The second-order valence-electron chi connectivity index (χ2n) is 10.4. The number of ether oxygens (including phenoxy) is 11. The van der Waals surface area contributed by atoms with Gasteiger partial charge in [-0.3, -0.25) is 0 Å². The molecule has 2 heterocycles. The molecular weight excluding hydrogens is 608 g/mol. The minimum Gasteiger partial charge on any atom is -0.375 e. The van der Waals surface area contributed by atoms with Crippen LogP contribution in [0.4, 0.5) is 0 Å². The molecule has 0 saturated carbocycles. The summed E-state index contributed by atoms with van der Waals surface area (Å²) in [5, 5.41) is 0. The Kier molecular flexibility index (Phi) is 21.3. The summed E-state index contributed by atoms with van der Waals surface area (Å²) >= 11 is 0. The van der Waals surface area contributed by atoms with Crippen LogP contribution in [0.3, 0.4) is 0 Å². The summed E-state index contributed by atoms with van der Waals surface area (Å²) in [4.78, 5) is 0. The molecule has 264 valence electrons. The van der Waals surface area contributed by atoms with Crippen LogP contribution in [0.15, 0.2) is 101 Å². The fraction of sp³-hybridized carbons (Fsp3) is 0.556. The smallest absolute Gasteiger partial charge is 0.187 e. The second-order valence-corrected chi connectivity index (χ2v) is 10.4. The van der Waals surface area contributed by atoms with Crippen molar-refractivity contribution >= 4 is 0 Å². The van der Waals surface area contributed by atoms with E-state index in [1.807, 2.05) is 0 Å². The Labute approximate surface area is 280 Å². The Morgan fingerprint density at radius 3 is 1.06 bits per heavy atom. The van der Waals surface area contributed by atoms with Crippen molar-refractivity contribution in [2.24, 2.45) is 0 Å². The highest BCUT2D eigenvalue weighted by Crippen LogP contribution is 2.33. The molecule has 0 N–H and O–H groups in total. The molecule has 0 amide bonds. The average Bonchev–Trinajstić information content (AvgIpc) is 3.08. The first kappa shape index (κ1) is 40.7. The first-order valence-electron chi connectivity index (χ1n) is 15.7. The quantitative estimate of drug-likeness (QED) is 0.0887. The van der Waals surface area contributed by atoms with E-state index in [0.717, 1.165) is 0 Å². The average molecular weight is 663 g/mol. The number of hydrogen-bond acceptors (Lipinski definition) is 11. The van der Waals surface area contributed by atoms with Crippen LogP contribution in [-0.2, 0) is 52.1 Å². The Morgan fingerprint density at radius 2 is 0.660 bits per heavy atom. The van der Waals surface area contributed by atoms with Gasteiger partial charge in [-0.2, -0.15) is 0 Å². The topological polar surface area (TPSA) is 102 Å². The van der Waals surface area contributed by atoms with Crippen LogP contribution in [0.5, 0.6) is 0 Å². The molecule has 0 bridgehead atoms. The van der Waals surface area contributed by atoms with Crippen LogP contribution in [0, 0.1) is 0 Å². The van der Waals surface area contributed by atoms with Crippen molar-refractivity contribution in [1.29, 1.82) is 0 Å². The molecule has 0 aliphatic carbocycles. The minimum atomic E-state index is -0.941. The van der Waals surface area contributed by atoms with Gasteiger partial charge in [-0.25, -0.2) is 0 Å². The number of hydrogen-bond donors (Lipinski definition) is 0. The minimum absolute atomic E-state index is 0.0108. The van der Waals surface area contributed by atoms with Crippen molar-refractivity contribution in [3.8, 4) is 0 Å². The van der Waals surface area contributed by atoms with Gasteiger partial charge >= 0.3 is 0 Å². The van der Waals surface area contributed by atoms with Crippen LogP contribution in [0.2, 0.25) is 0 Å². The van der Waals surface area contributed by atoms with E-state index in [2.05, 4.69) is 52.6 Å². The van der Waals surface area contributed by atoms with Gasteiger partial charge in [0.2, 0.25) is 0 Å². The second kappa shape index (κ2) is 24.6. The molecule has 0 aromatic heterocycles. The van der Waals surface area contributed by atoms with Crippen molar-refractivity contribution in [3.63, 3.8) is 0 Å². The van der Waals surface area contributed by atoms with E-state index in [1.54, 1.807) is 48.6 Å². The summed E-state index contributed by atoms with van der Waals surface area (Å²) in [6.07, 6.45) is 6.15. The van der Waals surface area contributed by atoms with Crippen molar-refractivity contribution in [3.05, 3.63) is 101 Å². The van der Waals surface area contributed by atoms with E-state index >= 15 is 0 Å². The van der Waals surface area contributed by atoms with Gasteiger partial charge < -0.3 is 52.1 Å². The molecule has 0 spiro atoms. The van der Waals surface area contributed by atoms with Crippen LogP contribution in [0.1, 0.15) is 0 Å². The highest BCUT2D eigenvalue weighted by molar-refractivity contribution is 4.97. The maximum atomic E-state index is 6.49. The van der Waals surface area contributed by atoms with E-state index in [9.17, 15) is 0 Å². The van der Waals surface area contributed by atoms with Crippen LogP contribution in [0.25, 0.3) is 0 Å². The highest BCUT2D eigenvalue weighted by atomic mass is 16.8. The Balaban J connectivity index is 2.46. The largest absolute Gasteiger partial charge is 0.375 e. The molecule has 11 nitrogen and oxygen atoms in total. The van der Waals surface area contributed by atoms with Gasteiger partial charge in [-0.05, 0) is 0 Å². The van der Waals surface area contributed by atoms with E-state index in [-0.39, 0.29) is 59.5 Å². The molecule has 11 heteroatoms. The predicted molar refractivity (Wildman–Crippen MR) is 180 cm³/mol. The Hall–Kier alpha value is -2.52. The zero-order valence-corrected chi connectivity index (χ0v) is 27.6. The lowest BCUT2D eigenvalue weighted by molar-refractivity contribution is -0.345. The summed E-state index contributed by atoms with van der Waals surface area (Å²) in [5.41, 5.74) is 0. The normalized spacial score (nSPS) is 30.6. The first-order valence-corrected chi connectivity index (χ1v) is 15.7. The molecule has 2 aliphatic rings. The predicted octanol–water partition coefficient (Wildman–Crippen LogP) is 4.29. The summed E-state index contributed by atoms with van der Waals surface area (Å²) in [5.74, 6) is 0. The van der Waals surface area contributed by atoms with E-state index in [1.165, 1.54) is 0 Å². The third-order valence-electron chi connectivity index (χ3n) is 6.94. The van der Waals surface area contributed by atoms with Crippen molar-refractivity contribution in [1.82, 2.24) is 0 Å². The number of rotatable bonds is 28. The zero-order chi connectivity index (χ0) is 34.3. The molecule has 10 atom stereocenters. The third-order valence-corrected chi connectivity index (χ3v) is 6.94. The summed E-state index contributed by atoms with van der Waals surface area (Å²) in [6, 6.07) is 0. The highest BCUT2D eigenvalue weighted by Gasteiger charge is 2.52. The molecule has 0 aromatic rings. The van der Waals surface area contributed by atoms with Gasteiger partial charge in [-0.15, -0.1) is 52.6 Å². The van der Waals surface area contributed by atoms with Crippen LogP contribution >= 0.6 is 0 Å². The fourth-order valence-corrected chi connectivity index (χ4v) is 5.12. The molecule has 47 heavy (non-hydrogen) atoms. The fourth-order valence-electron chi connectivity index (χ4n) is 5.12. The maximum absolute atomic E-state index is 6.49. The van der Waals surface area contributed by atoms with Gasteiger partial charge in [0.15, 0.2) is 12.6 Å². The molecule has 0 aromatic carbocycles. The SMILES string of the molecule is C=CCOC[C@H]1O[C@H](OC[C@H]2O[C@@H](OCC=C)[C@H](OCC=C)[C@@H](OCC=C)[C@@H]2OCC=C)[C@H](OCC=C)[C@@H](OCC=C)[C@H]1OCC=C. The van der Waals surface area contributed by atoms with Gasteiger partial charge in [0, 0.05) is 0 Å².